The van der Waals surface area contributed by atoms with Gasteiger partial charge in [-0.15, -0.1) is 0 Å². The van der Waals surface area contributed by atoms with Crippen molar-refractivity contribution in [1.29, 1.82) is 0 Å². The number of benzene rings is 8. The lowest BCUT2D eigenvalue weighted by Gasteiger charge is -2.47. The molecule has 438 valence electrons. The highest BCUT2D eigenvalue weighted by Gasteiger charge is 2.51. The summed E-state index contributed by atoms with van der Waals surface area (Å²) in [6.45, 7) is 1.56. The summed E-state index contributed by atoms with van der Waals surface area (Å²) in [5.41, 5.74) is 8.58. The fourth-order valence-electron chi connectivity index (χ4n) is 10.5. The molecule has 2 aliphatic heterocycles. The second-order valence-corrected chi connectivity index (χ2v) is 21.1. The zero-order chi connectivity index (χ0) is 57.4. The van der Waals surface area contributed by atoms with E-state index >= 15 is 0 Å². The molecule has 2 N–H and O–H groups in total. The van der Waals surface area contributed by atoms with Crippen LogP contribution >= 0.6 is 0 Å². The lowest BCUT2D eigenvalue weighted by molar-refractivity contribution is -0.331. The predicted molar refractivity (Wildman–Crippen MR) is 318 cm³/mol. The maximum absolute atomic E-state index is 10.6. The monoisotopic (exact) mass is 1140 g/mol. The summed E-state index contributed by atoms with van der Waals surface area (Å²) in [7, 11) is 0. The van der Waals surface area contributed by atoms with Gasteiger partial charge in [-0.05, 0) is 50.1 Å². The smallest absolute Gasteiger partial charge is 0.187 e. The molecule has 13 nitrogen and oxygen atoms in total. The minimum Gasteiger partial charge on any atom is -0.394 e. The van der Waals surface area contributed by atoms with Crippen LogP contribution in [0.5, 0.6) is 0 Å². The van der Waals surface area contributed by atoms with Gasteiger partial charge in [0.2, 0.25) is 0 Å². The summed E-state index contributed by atoms with van der Waals surface area (Å²) in [5.74, 6) is 0. The van der Waals surface area contributed by atoms with E-state index in [-0.39, 0.29) is 52.9 Å². The minimum atomic E-state index is -1.17. The van der Waals surface area contributed by atoms with Gasteiger partial charge in [0, 0.05) is 0 Å². The van der Waals surface area contributed by atoms with Crippen molar-refractivity contribution in [3.8, 4) is 0 Å². The van der Waals surface area contributed by atoms with Crippen LogP contribution in [0.1, 0.15) is 56.2 Å². The van der Waals surface area contributed by atoms with Crippen molar-refractivity contribution in [1.82, 2.24) is 0 Å². The molecule has 84 heavy (non-hydrogen) atoms. The third-order valence-corrected chi connectivity index (χ3v) is 14.9. The van der Waals surface area contributed by atoms with E-state index in [0.29, 0.717) is 19.8 Å². The molecule has 2 fully saturated rings. The van der Waals surface area contributed by atoms with Gasteiger partial charge < -0.3 is 62.3 Å². The largest absolute Gasteiger partial charge is 0.394 e. The SMILES string of the molecule is OCC(O)CO[C@H]1O[C@H](COCc2ccccc2[C@H]2O[C@H](COCc3ccccc3)[C@H](OCc3ccccc3)[C@H](OCc3ccccc3)[C@H]2OCc2ccccc2)[C@H](OCc2ccccc2)[C@H](OCc2ccccc2)[C@H]1OCc1ccccc1. The van der Waals surface area contributed by atoms with E-state index in [1.54, 1.807) is 0 Å². The zero-order valence-electron chi connectivity index (χ0n) is 47.2. The summed E-state index contributed by atoms with van der Waals surface area (Å²) in [4.78, 5) is 0. The predicted octanol–water partition coefficient (Wildman–Crippen LogP) is 11.5. The number of hydrogen-bond acceptors (Lipinski definition) is 13. The number of rotatable bonds is 31. The Balaban J connectivity index is 0.974. The second kappa shape index (κ2) is 32.5. The number of aliphatic hydroxyl groups excluding tert-OH is 2. The maximum Gasteiger partial charge on any atom is 0.187 e. The standard InChI is InChI=1S/C71H76O13/c72-40-60(73)49-82-71-70(81-47-58-36-20-7-21-37-58)69(80-46-57-34-18-6-19-35-57)66(77-43-54-28-12-3-13-29-54)63(84-71)51-75-48-59-38-22-23-39-61(59)64-67(78-44-55-30-14-4-15-31-55)68(79-45-56-32-16-5-17-33-56)65(76-42-53-26-10-2-11-27-53)62(83-64)50-74-41-52-24-8-1-9-25-52/h1-39,60,62-73H,40-51H2/t60?,62-,63-,64-,65+,66+,67+,68+,69+,70-,71+/m1/s1. The van der Waals surface area contributed by atoms with Gasteiger partial charge in [0.05, 0.1) is 79.3 Å². The average molecular weight is 1140 g/mol. The first kappa shape index (κ1) is 60.4. The fraction of sp³-hybridized carbons (Fsp3) is 0.324. The van der Waals surface area contributed by atoms with Crippen molar-refractivity contribution in [2.24, 2.45) is 0 Å². The molecule has 0 aromatic heterocycles. The van der Waals surface area contributed by atoms with Gasteiger partial charge in [-0.3, -0.25) is 0 Å². The normalized spacial score (nSPS) is 22.8. The lowest BCUT2D eigenvalue weighted by atomic mass is 9.88. The van der Waals surface area contributed by atoms with E-state index < -0.39 is 73.9 Å². The summed E-state index contributed by atoms with van der Waals surface area (Å²) in [6.07, 6.45) is -8.69. The Bertz CT molecular complexity index is 3060. The van der Waals surface area contributed by atoms with E-state index in [2.05, 4.69) is 18.2 Å². The molecule has 13 heteroatoms. The molecule has 10 rings (SSSR count). The van der Waals surface area contributed by atoms with Crippen LogP contribution in [-0.2, 0) is 105 Å². The average Bonchev–Trinajstić information content (AvgIpc) is 3.54. The summed E-state index contributed by atoms with van der Waals surface area (Å²) >= 11 is 0. The lowest BCUT2D eigenvalue weighted by Crippen LogP contribution is -2.62. The third-order valence-electron chi connectivity index (χ3n) is 14.9. The molecule has 0 amide bonds. The molecule has 2 heterocycles. The summed E-state index contributed by atoms with van der Waals surface area (Å²) in [5, 5.41) is 20.6. The fourth-order valence-corrected chi connectivity index (χ4v) is 10.5. The molecule has 0 aliphatic carbocycles. The quantitative estimate of drug-likeness (QED) is 0.0426. The molecule has 0 saturated carbocycles. The molecular weight excluding hydrogens is 1060 g/mol. The van der Waals surface area contributed by atoms with Crippen LogP contribution in [0.4, 0.5) is 0 Å². The van der Waals surface area contributed by atoms with Crippen LogP contribution in [0, 0.1) is 0 Å². The molecule has 2 aliphatic rings. The van der Waals surface area contributed by atoms with Crippen LogP contribution in [0.25, 0.3) is 0 Å². The Hall–Kier alpha value is -6.76. The number of aliphatic hydroxyl groups is 2. The van der Waals surface area contributed by atoms with E-state index in [4.69, 9.17) is 52.1 Å². The minimum absolute atomic E-state index is 0.0282. The van der Waals surface area contributed by atoms with E-state index in [1.165, 1.54) is 0 Å². The first-order chi connectivity index (χ1) is 41.5. The Morgan fingerprint density at radius 2 is 0.643 bits per heavy atom. The van der Waals surface area contributed by atoms with Crippen LogP contribution in [-0.4, -0.2) is 97.9 Å². The summed E-state index contributed by atoms with van der Waals surface area (Å²) in [6, 6.07) is 78.2. The highest BCUT2D eigenvalue weighted by molar-refractivity contribution is 5.31. The zero-order valence-corrected chi connectivity index (χ0v) is 47.2. The first-order valence-electron chi connectivity index (χ1n) is 29.0. The Morgan fingerprint density at radius 3 is 1.06 bits per heavy atom. The Labute approximate surface area is 493 Å². The molecule has 1 unspecified atom stereocenters. The molecule has 8 aromatic carbocycles. The highest BCUT2D eigenvalue weighted by Crippen LogP contribution is 2.41. The Kier molecular flexibility index (Phi) is 23.4. The van der Waals surface area contributed by atoms with Crippen molar-refractivity contribution in [2.45, 2.75) is 120 Å². The van der Waals surface area contributed by atoms with E-state index in [1.807, 2.05) is 218 Å². The molecule has 11 atom stereocenters. The van der Waals surface area contributed by atoms with Crippen LogP contribution in [0.15, 0.2) is 237 Å². The van der Waals surface area contributed by atoms with Crippen molar-refractivity contribution in [2.75, 3.05) is 26.4 Å². The van der Waals surface area contributed by atoms with Crippen molar-refractivity contribution >= 4 is 0 Å². The second-order valence-electron chi connectivity index (χ2n) is 21.1. The molecule has 0 radical (unpaired) electrons. The van der Waals surface area contributed by atoms with Crippen molar-refractivity contribution in [3.63, 3.8) is 0 Å². The van der Waals surface area contributed by atoms with Crippen molar-refractivity contribution < 1.29 is 62.3 Å². The van der Waals surface area contributed by atoms with Gasteiger partial charge in [-0.2, -0.15) is 0 Å². The molecule has 8 aromatic rings. The maximum atomic E-state index is 10.6. The van der Waals surface area contributed by atoms with Crippen LogP contribution in [0.2, 0.25) is 0 Å². The molecule has 0 spiro atoms. The van der Waals surface area contributed by atoms with Gasteiger partial charge in [0.1, 0.15) is 61.0 Å². The topological polar surface area (TPSA) is 142 Å². The third kappa shape index (κ3) is 17.7. The van der Waals surface area contributed by atoms with Crippen LogP contribution in [0.3, 0.4) is 0 Å². The number of hydrogen-bond donors (Lipinski definition) is 2. The van der Waals surface area contributed by atoms with Gasteiger partial charge in [-0.1, -0.05) is 237 Å². The molecule has 2 saturated heterocycles. The van der Waals surface area contributed by atoms with E-state index in [0.717, 1.165) is 50.1 Å². The van der Waals surface area contributed by atoms with Gasteiger partial charge in [0.25, 0.3) is 0 Å². The molecular formula is C71H76O13. The van der Waals surface area contributed by atoms with Crippen LogP contribution < -0.4 is 0 Å². The van der Waals surface area contributed by atoms with Gasteiger partial charge in [-0.25, -0.2) is 0 Å². The number of ether oxygens (including phenoxy) is 11. The summed E-state index contributed by atoms with van der Waals surface area (Å²) < 4.78 is 76.0. The molecule has 0 bridgehead atoms. The van der Waals surface area contributed by atoms with Gasteiger partial charge in [0.15, 0.2) is 6.29 Å². The van der Waals surface area contributed by atoms with Crippen molar-refractivity contribution in [3.05, 3.63) is 287 Å². The highest BCUT2D eigenvalue weighted by atomic mass is 16.7. The van der Waals surface area contributed by atoms with E-state index in [9.17, 15) is 10.2 Å². The first-order valence-corrected chi connectivity index (χ1v) is 29.0. The Morgan fingerprint density at radius 1 is 0.321 bits per heavy atom. The van der Waals surface area contributed by atoms with Gasteiger partial charge >= 0.3 is 0 Å².